The first kappa shape index (κ1) is 19.9. The van der Waals surface area contributed by atoms with Gasteiger partial charge in [-0.25, -0.2) is 0 Å². The molecule has 6 heteroatoms. The Kier molecular flexibility index (Phi) is 6.66. The monoisotopic (exact) mass is 440 g/mol. The third kappa shape index (κ3) is 4.70. The van der Waals surface area contributed by atoms with E-state index in [-0.39, 0.29) is 18.4 Å². The van der Waals surface area contributed by atoms with Crippen LogP contribution in [0.25, 0.3) is 10.8 Å². The van der Waals surface area contributed by atoms with Gasteiger partial charge in [-0.1, -0.05) is 49.4 Å². The van der Waals surface area contributed by atoms with Crippen molar-refractivity contribution >= 4 is 44.2 Å². The van der Waals surface area contributed by atoms with Crippen LogP contribution in [0, 0.1) is 0 Å². The van der Waals surface area contributed by atoms with E-state index in [9.17, 15) is 9.59 Å². The second kappa shape index (κ2) is 9.37. The van der Waals surface area contributed by atoms with Gasteiger partial charge in [0.2, 0.25) is 0 Å². The van der Waals surface area contributed by atoms with Crippen molar-refractivity contribution in [3.8, 4) is 5.75 Å². The number of hydrogen-bond acceptors (Lipinski definition) is 3. The van der Waals surface area contributed by atoms with Crippen LogP contribution in [0.5, 0.6) is 5.75 Å². The zero-order chi connectivity index (χ0) is 19.9. The Hall–Kier alpha value is -2.86. The minimum atomic E-state index is -0.337. The van der Waals surface area contributed by atoms with E-state index in [1.54, 1.807) is 24.3 Å². The Labute approximate surface area is 172 Å². The first-order chi connectivity index (χ1) is 13.6. The van der Waals surface area contributed by atoms with Crippen molar-refractivity contribution in [2.24, 2.45) is 0 Å². The van der Waals surface area contributed by atoms with Gasteiger partial charge in [0, 0.05) is 6.54 Å². The molecule has 0 aliphatic carbocycles. The Morgan fingerprint density at radius 3 is 2.57 bits per heavy atom. The molecular weight excluding hydrogens is 420 g/mol. The second-order valence-corrected chi connectivity index (χ2v) is 7.03. The van der Waals surface area contributed by atoms with Crippen LogP contribution in [-0.4, -0.2) is 25.0 Å². The number of benzene rings is 3. The molecular formula is C22H21BrN2O3. The fourth-order valence-corrected chi connectivity index (χ4v) is 3.39. The Balaban J connectivity index is 1.67. The van der Waals surface area contributed by atoms with E-state index in [0.717, 1.165) is 21.7 Å². The molecule has 0 spiro atoms. The highest BCUT2D eigenvalue weighted by molar-refractivity contribution is 9.10. The number of para-hydroxylation sites is 1. The van der Waals surface area contributed by atoms with Crippen molar-refractivity contribution in [3.05, 3.63) is 70.7 Å². The number of carbonyl (C=O) groups excluding carboxylic acids is 2. The lowest BCUT2D eigenvalue weighted by Crippen LogP contribution is -2.27. The molecule has 0 aliphatic rings. The number of fused-ring (bicyclic) bond motifs is 1. The largest absolute Gasteiger partial charge is 0.483 e. The number of rotatable bonds is 7. The molecule has 0 radical (unpaired) electrons. The molecule has 0 heterocycles. The van der Waals surface area contributed by atoms with Crippen LogP contribution >= 0.6 is 15.9 Å². The maximum atomic E-state index is 12.4. The second-order valence-electron chi connectivity index (χ2n) is 6.24. The number of hydrogen-bond donors (Lipinski definition) is 2. The predicted octanol–water partition coefficient (Wildman–Crippen LogP) is 4.76. The molecule has 0 saturated carbocycles. The van der Waals surface area contributed by atoms with Gasteiger partial charge in [-0.05, 0) is 51.3 Å². The normalized spacial score (nSPS) is 10.5. The third-order valence-electron chi connectivity index (χ3n) is 4.17. The lowest BCUT2D eigenvalue weighted by molar-refractivity contribution is -0.118. The first-order valence-corrected chi connectivity index (χ1v) is 9.86. The molecule has 0 bridgehead atoms. The van der Waals surface area contributed by atoms with Crippen molar-refractivity contribution in [1.82, 2.24) is 5.32 Å². The van der Waals surface area contributed by atoms with E-state index in [2.05, 4.69) is 26.6 Å². The van der Waals surface area contributed by atoms with Gasteiger partial charge in [0.1, 0.15) is 5.75 Å². The van der Waals surface area contributed by atoms with Crippen LogP contribution in [0.4, 0.5) is 5.69 Å². The lowest BCUT2D eigenvalue weighted by Gasteiger charge is -2.13. The molecule has 0 aliphatic heterocycles. The van der Waals surface area contributed by atoms with E-state index in [4.69, 9.17) is 4.74 Å². The summed E-state index contributed by atoms with van der Waals surface area (Å²) in [6, 6.07) is 18.6. The molecule has 3 aromatic carbocycles. The van der Waals surface area contributed by atoms with Crippen molar-refractivity contribution in [2.75, 3.05) is 18.5 Å². The van der Waals surface area contributed by atoms with Gasteiger partial charge in [-0.2, -0.15) is 0 Å². The number of halogens is 1. The summed E-state index contributed by atoms with van der Waals surface area (Å²) in [6.45, 7) is 2.40. The average molecular weight is 441 g/mol. The van der Waals surface area contributed by atoms with Crippen molar-refractivity contribution < 1.29 is 14.3 Å². The molecule has 28 heavy (non-hydrogen) atoms. The van der Waals surface area contributed by atoms with Gasteiger partial charge in [0.15, 0.2) is 6.61 Å². The Morgan fingerprint density at radius 2 is 1.75 bits per heavy atom. The quantitative estimate of drug-likeness (QED) is 0.556. The molecule has 144 valence electrons. The fraction of sp³-hybridized carbons (Fsp3) is 0.182. The summed E-state index contributed by atoms with van der Waals surface area (Å²) in [5.41, 5.74) is 0.887. The van der Waals surface area contributed by atoms with Gasteiger partial charge in [-0.15, -0.1) is 0 Å². The molecule has 0 aromatic heterocycles. The van der Waals surface area contributed by atoms with Gasteiger partial charge in [0.05, 0.1) is 15.7 Å². The van der Waals surface area contributed by atoms with Crippen molar-refractivity contribution in [3.63, 3.8) is 0 Å². The standard InChI is InChI=1S/C22H21BrN2O3/c1-2-13-24-22(27)17-9-5-6-10-18(17)25-20(26)14-28-19-12-11-15-7-3-4-8-16(15)21(19)23/h3-12H,2,13-14H2,1H3,(H,24,27)(H,25,26). The highest BCUT2D eigenvalue weighted by Gasteiger charge is 2.14. The number of amides is 2. The first-order valence-electron chi connectivity index (χ1n) is 9.07. The molecule has 0 saturated heterocycles. The van der Waals surface area contributed by atoms with Crippen LogP contribution in [0.3, 0.4) is 0 Å². The minimum Gasteiger partial charge on any atom is -0.483 e. The van der Waals surface area contributed by atoms with Crippen LogP contribution in [0.15, 0.2) is 65.1 Å². The summed E-state index contributed by atoms with van der Waals surface area (Å²) >= 11 is 3.54. The SMILES string of the molecule is CCCNC(=O)c1ccccc1NC(=O)COc1ccc2ccccc2c1Br. The summed E-state index contributed by atoms with van der Waals surface area (Å²) in [6.07, 6.45) is 0.842. The highest BCUT2D eigenvalue weighted by Crippen LogP contribution is 2.33. The molecule has 0 fully saturated rings. The van der Waals surface area contributed by atoms with Gasteiger partial charge in [-0.3, -0.25) is 9.59 Å². The van der Waals surface area contributed by atoms with Crippen molar-refractivity contribution in [1.29, 1.82) is 0 Å². The predicted molar refractivity (Wildman–Crippen MR) is 115 cm³/mol. The molecule has 3 aromatic rings. The Bertz CT molecular complexity index is 1000. The van der Waals surface area contributed by atoms with Crippen LogP contribution in [0.1, 0.15) is 23.7 Å². The highest BCUT2D eigenvalue weighted by atomic mass is 79.9. The maximum absolute atomic E-state index is 12.4. The van der Waals surface area contributed by atoms with Gasteiger partial charge in [0.25, 0.3) is 11.8 Å². The van der Waals surface area contributed by atoms with Crippen LogP contribution in [0.2, 0.25) is 0 Å². The number of anilines is 1. The van der Waals surface area contributed by atoms with E-state index < -0.39 is 0 Å². The summed E-state index contributed by atoms with van der Waals surface area (Å²) < 4.78 is 6.49. The number of ether oxygens (including phenoxy) is 1. The smallest absolute Gasteiger partial charge is 0.262 e. The molecule has 2 amide bonds. The molecule has 0 unspecified atom stereocenters. The molecule has 2 N–H and O–H groups in total. The van der Waals surface area contributed by atoms with Crippen LogP contribution < -0.4 is 15.4 Å². The van der Waals surface area contributed by atoms with Crippen molar-refractivity contribution in [2.45, 2.75) is 13.3 Å². The Morgan fingerprint density at radius 1 is 1.00 bits per heavy atom. The van der Waals surface area contributed by atoms with Gasteiger partial charge >= 0.3 is 0 Å². The average Bonchev–Trinajstić information content (AvgIpc) is 2.72. The summed E-state index contributed by atoms with van der Waals surface area (Å²) in [4.78, 5) is 24.6. The summed E-state index contributed by atoms with van der Waals surface area (Å²) in [5.74, 6) is 0.0366. The molecule has 3 rings (SSSR count). The fourth-order valence-electron chi connectivity index (χ4n) is 2.78. The zero-order valence-corrected chi connectivity index (χ0v) is 17.1. The van der Waals surface area contributed by atoms with Crippen LogP contribution in [-0.2, 0) is 4.79 Å². The zero-order valence-electron chi connectivity index (χ0n) is 15.5. The number of carbonyl (C=O) groups is 2. The third-order valence-corrected chi connectivity index (χ3v) is 4.99. The van der Waals surface area contributed by atoms with E-state index in [0.29, 0.717) is 23.5 Å². The van der Waals surface area contributed by atoms with Gasteiger partial charge < -0.3 is 15.4 Å². The number of nitrogens with one attached hydrogen (secondary N) is 2. The molecule has 0 atom stereocenters. The maximum Gasteiger partial charge on any atom is 0.262 e. The topological polar surface area (TPSA) is 67.4 Å². The lowest BCUT2D eigenvalue weighted by atomic mass is 10.1. The van der Waals surface area contributed by atoms with E-state index in [1.807, 2.05) is 43.3 Å². The minimum absolute atomic E-state index is 0.165. The van der Waals surface area contributed by atoms with E-state index >= 15 is 0 Å². The summed E-state index contributed by atoms with van der Waals surface area (Å²) in [5, 5.41) is 7.67. The van der Waals surface area contributed by atoms with E-state index in [1.165, 1.54) is 0 Å². The summed E-state index contributed by atoms with van der Waals surface area (Å²) in [7, 11) is 0. The molecule has 5 nitrogen and oxygen atoms in total.